The number of anilines is 1. The van der Waals surface area contributed by atoms with Gasteiger partial charge in [0.25, 0.3) is 11.6 Å². The predicted molar refractivity (Wildman–Crippen MR) is 139 cm³/mol. The van der Waals surface area contributed by atoms with E-state index in [1.807, 2.05) is 30.3 Å². The molecule has 37 heavy (non-hydrogen) atoms. The van der Waals surface area contributed by atoms with Crippen LogP contribution in [0.1, 0.15) is 35.3 Å². The number of nitro groups is 1. The first kappa shape index (κ1) is 26.5. The van der Waals surface area contributed by atoms with Gasteiger partial charge in [0.15, 0.2) is 0 Å². The highest BCUT2D eigenvalue weighted by Crippen LogP contribution is 2.23. The average molecular weight is 501 g/mol. The van der Waals surface area contributed by atoms with Gasteiger partial charge in [-0.15, -0.1) is 0 Å². The SMILES string of the molecule is CC(C)C(=O)Nc1ccc(C(=O)N/N=C/c2cc([N+](=O)[O-])ccc2OC(=O)/C=C/c2ccccc2)cc1. The fourth-order valence-electron chi connectivity index (χ4n) is 2.93. The fraction of sp³-hybridized carbons (Fsp3) is 0.111. The van der Waals surface area contributed by atoms with Gasteiger partial charge in [-0.25, -0.2) is 10.2 Å². The van der Waals surface area contributed by atoms with Gasteiger partial charge in [0.1, 0.15) is 5.75 Å². The van der Waals surface area contributed by atoms with Gasteiger partial charge in [-0.05, 0) is 42.0 Å². The van der Waals surface area contributed by atoms with Crippen LogP contribution < -0.4 is 15.5 Å². The molecule has 0 spiro atoms. The minimum Gasteiger partial charge on any atom is -0.423 e. The smallest absolute Gasteiger partial charge is 0.336 e. The molecule has 188 valence electrons. The number of non-ortho nitro benzene ring substituents is 1. The van der Waals surface area contributed by atoms with Gasteiger partial charge in [-0.3, -0.25) is 19.7 Å². The molecule has 3 aromatic rings. The van der Waals surface area contributed by atoms with Crippen molar-refractivity contribution in [3.63, 3.8) is 0 Å². The molecule has 0 heterocycles. The predicted octanol–water partition coefficient (Wildman–Crippen LogP) is 4.57. The Hall–Kier alpha value is -5.12. The molecular weight excluding hydrogens is 476 g/mol. The monoisotopic (exact) mass is 500 g/mol. The Kier molecular flexibility index (Phi) is 8.98. The Labute approximate surface area is 212 Å². The maximum absolute atomic E-state index is 12.4. The van der Waals surface area contributed by atoms with E-state index < -0.39 is 16.8 Å². The summed E-state index contributed by atoms with van der Waals surface area (Å²) in [4.78, 5) is 47.1. The summed E-state index contributed by atoms with van der Waals surface area (Å²) >= 11 is 0. The van der Waals surface area contributed by atoms with Gasteiger partial charge in [0.2, 0.25) is 5.91 Å². The number of carbonyl (C=O) groups is 3. The molecule has 0 atom stereocenters. The standard InChI is InChI=1S/C27H24N4O6/c1-18(2)26(33)29-22-11-9-20(10-12-22)27(34)30-28-17-21-16-23(31(35)36)13-14-24(21)37-25(32)15-8-19-6-4-3-5-7-19/h3-18H,1-2H3,(H,29,33)(H,30,34)/b15-8+,28-17+. The highest BCUT2D eigenvalue weighted by molar-refractivity contribution is 5.97. The molecule has 0 radical (unpaired) electrons. The molecule has 0 bridgehead atoms. The van der Waals surface area contributed by atoms with E-state index in [-0.39, 0.29) is 34.4 Å². The molecule has 0 fully saturated rings. The Morgan fingerprint density at radius 1 is 1.00 bits per heavy atom. The van der Waals surface area contributed by atoms with E-state index in [2.05, 4.69) is 15.8 Å². The Balaban J connectivity index is 1.69. The number of benzene rings is 3. The van der Waals surface area contributed by atoms with Crippen molar-refractivity contribution in [3.05, 3.63) is 106 Å². The maximum Gasteiger partial charge on any atom is 0.336 e. The second kappa shape index (κ2) is 12.5. The number of amides is 2. The molecule has 10 nitrogen and oxygen atoms in total. The molecule has 0 aliphatic rings. The van der Waals surface area contributed by atoms with Crippen molar-refractivity contribution in [2.24, 2.45) is 11.0 Å². The minimum atomic E-state index is -0.693. The van der Waals surface area contributed by atoms with Crippen molar-refractivity contribution in [3.8, 4) is 5.75 Å². The highest BCUT2D eigenvalue weighted by Gasteiger charge is 2.13. The molecule has 0 saturated carbocycles. The summed E-state index contributed by atoms with van der Waals surface area (Å²) in [5.41, 5.74) is 3.80. The molecule has 10 heteroatoms. The number of carbonyl (C=O) groups excluding carboxylic acids is 3. The third-order valence-corrected chi connectivity index (χ3v) is 4.93. The van der Waals surface area contributed by atoms with Crippen LogP contribution in [0, 0.1) is 16.0 Å². The summed E-state index contributed by atoms with van der Waals surface area (Å²) in [6.07, 6.45) is 3.94. The van der Waals surface area contributed by atoms with E-state index in [0.29, 0.717) is 5.69 Å². The first-order chi connectivity index (χ1) is 17.7. The van der Waals surface area contributed by atoms with Crippen LogP contribution in [0.3, 0.4) is 0 Å². The zero-order valence-corrected chi connectivity index (χ0v) is 20.1. The van der Waals surface area contributed by atoms with E-state index in [4.69, 9.17) is 4.74 Å². The molecule has 3 aromatic carbocycles. The Bertz CT molecular complexity index is 1350. The number of ether oxygens (including phenoxy) is 1. The summed E-state index contributed by atoms with van der Waals surface area (Å²) < 4.78 is 5.32. The lowest BCUT2D eigenvalue weighted by Gasteiger charge is -2.08. The number of hydrogen-bond donors (Lipinski definition) is 2. The summed E-state index contributed by atoms with van der Waals surface area (Å²) in [5, 5.41) is 17.8. The quantitative estimate of drug-likeness (QED) is 0.110. The van der Waals surface area contributed by atoms with Gasteiger partial charge < -0.3 is 10.1 Å². The third-order valence-electron chi connectivity index (χ3n) is 4.93. The van der Waals surface area contributed by atoms with Crippen LogP contribution in [0.2, 0.25) is 0 Å². The Morgan fingerprint density at radius 2 is 1.70 bits per heavy atom. The average Bonchev–Trinajstić information content (AvgIpc) is 2.89. The molecule has 0 aromatic heterocycles. The van der Waals surface area contributed by atoms with Gasteiger partial charge >= 0.3 is 5.97 Å². The molecule has 2 amide bonds. The lowest BCUT2D eigenvalue weighted by molar-refractivity contribution is -0.384. The number of nitrogens with zero attached hydrogens (tertiary/aromatic N) is 2. The Morgan fingerprint density at radius 3 is 2.35 bits per heavy atom. The topological polar surface area (TPSA) is 140 Å². The summed E-state index contributed by atoms with van der Waals surface area (Å²) in [5.74, 6) is -1.55. The number of hydrazone groups is 1. The van der Waals surface area contributed by atoms with Crippen molar-refractivity contribution in [1.29, 1.82) is 0 Å². The first-order valence-corrected chi connectivity index (χ1v) is 11.2. The molecule has 0 aliphatic heterocycles. The van der Waals surface area contributed by atoms with Crippen LogP contribution in [-0.2, 0) is 9.59 Å². The third kappa shape index (κ3) is 7.96. The maximum atomic E-state index is 12.4. The molecule has 0 unspecified atom stereocenters. The zero-order valence-electron chi connectivity index (χ0n) is 20.1. The number of hydrogen-bond acceptors (Lipinski definition) is 7. The number of rotatable bonds is 9. The lowest BCUT2D eigenvalue weighted by atomic mass is 10.1. The normalized spacial score (nSPS) is 11.0. The summed E-state index contributed by atoms with van der Waals surface area (Å²) in [6, 6.07) is 19.0. The van der Waals surface area contributed by atoms with Crippen molar-refractivity contribution in [2.45, 2.75) is 13.8 Å². The van der Waals surface area contributed by atoms with Gasteiger partial charge in [-0.2, -0.15) is 5.10 Å². The molecule has 3 rings (SSSR count). The summed E-state index contributed by atoms with van der Waals surface area (Å²) in [7, 11) is 0. The molecule has 0 saturated heterocycles. The van der Waals surface area contributed by atoms with E-state index in [0.717, 1.165) is 11.8 Å². The number of nitrogens with one attached hydrogen (secondary N) is 2. The highest BCUT2D eigenvalue weighted by atomic mass is 16.6. The van der Waals surface area contributed by atoms with E-state index in [1.54, 1.807) is 32.1 Å². The molecular formula is C27H24N4O6. The van der Waals surface area contributed by atoms with Gasteiger partial charge in [-0.1, -0.05) is 44.2 Å². The molecule has 0 aliphatic carbocycles. The van der Waals surface area contributed by atoms with Gasteiger partial charge in [0, 0.05) is 40.9 Å². The van der Waals surface area contributed by atoms with Gasteiger partial charge in [0.05, 0.1) is 11.1 Å². The second-order valence-corrected chi connectivity index (χ2v) is 8.06. The van der Waals surface area contributed by atoms with Crippen molar-refractivity contribution < 1.29 is 24.0 Å². The van der Waals surface area contributed by atoms with E-state index in [1.165, 1.54) is 36.4 Å². The molecule has 2 N–H and O–H groups in total. The van der Waals surface area contributed by atoms with E-state index >= 15 is 0 Å². The lowest BCUT2D eigenvalue weighted by Crippen LogP contribution is -2.19. The largest absolute Gasteiger partial charge is 0.423 e. The number of nitro benzene ring substituents is 1. The van der Waals surface area contributed by atoms with E-state index in [9.17, 15) is 24.5 Å². The zero-order chi connectivity index (χ0) is 26.8. The second-order valence-electron chi connectivity index (χ2n) is 8.06. The van der Waals surface area contributed by atoms with Crippen molar-refractivity contribution in [1.82, 2.24) is 5.43 Å². The minimum absolute atomic E-state index is 0.0246. The fourth-order valence-corrected chi connectivity index (χ4v) is 2.93. The summed E-state index contributed by atoms with van der Waals surface area (Å²) in [6.45, 7) is 3.54. The van der Waals surface area contributed by atoms with Crippen LogP contribution in [0.5, 0.6) is 5.75 Å². The van der Waals surface area contributed by atoms with Crippen molar-refractivity contribution in [2.75, 3.05) is 5.32 Å². The van der Waals surface area contributed by atoms with Crippen LogP contribution in [0.4, 0.5) is 11.4 Å². The first-order valence-electron chi connectivity index (χ1n) is 11.2. The van der Waals surface area contributed by atoms with Crippen LogP contribution in [0.25, 0.3) is 6.08 Å². The van der Waals surface area contributed by atoms with Crippen molar-refractivity contribution >= 4 is 41.4 Å². The number of esters is 1. The van der Waals surface area contributed by atoms with Crippen LogP contribution >= 0.6 is 0 Å². The van der Waals surface area contributed by atoms with Crippen LogP contribution in [0.15, 0.2) is 84.0 Å². The van der Waals surface area contributed by atoms with Crippen LogP contribution in [-0.4, -0.2) is 28.9 Å².